The van der Waals surface area contributed by atoms with Crippen molar-refractivity contribution in [3.63, 3.8) is 0 Å². The molecule has 1 aliphatic carbocycles. The fourth-order valence-electron chi connectivity index (χ4n) is 4.04. The van der Waals surface area contributed by atoms with Crippen LogP contribution >= 0.6 is 0 Å². The molecule has 0 aromatic carbocycles. The maximum atomic E-state index is 12.7. The summed E-state index contributed by atoms with van der Waals surface area (Å²) in [5.41, 5.74) is -1.30. The lowest BCUT2D eigenvalue weighted by Gasteiger charge is -2.33. The van der Waals surface area contributed by atoms with Gasteiger partial charge in [0.2, 0.25) is 0 Å². The molecule has 0 bridgehead atoms. The SMILES string of the molecule is CC(C)CCCCCCCCC(OC(=O)C1(C(=O)O)CCCCC1)C(C)C. The number of hydrogen-bond donors (Lipinski definition) is 1. The molecule has 1 unspecified atom stereocenters. The average molecular weight is 383 g/mol. The second-order valence-electron chi connectivity index (χ2n) is 9.23. The van der Waals surface area contributed by atoms with Crippen LogP contribution in [0, 0.1) is 17.3 Å². The van der Waals surface area contributed by atoms with E-state index in [0.717, 1.165) is 44.4 Å². The van der Waals surface area contributed by atoms with Crippen LogP contribution in [0.4, 0.5) is 0 Å². The highest BCUT2D eigenvalue weighted by Crippen LogP contribution is 2.38. The first kappa shape index (κ1) is 24.0. The predicted molar refractivity (Wildman–Crippen MR) is 110 cm³/mol. The minimum absolute atomic E-state index is 0.170. The van der Waals surface area contributed by atoms with Gasteiger partial charge in [0, 0.05) is 0 Å². The van der Waals surface area contributed by atoms with Crippen LogP contribution in [0.1, 0.15) is 111 Å². The summed E-state index contributed by atoms with van der Waals surface area (Å²) in [4.78, 5) is 24.5. The molecule has 1 aliphatic rings. The molecule has 0 radical (unpaired) electrons. The third kappa shape index (κ3) is 8.23. The van der Waals surface area contributed by atoms with E-state index in [1.54, 1.807) is 0 Å². The molecule has 0 heterocycles. The van der Waals surface area contributed by atoms with Crippen LogP contribution < -0.4 is 0 Å². The van der Waals surface area contributed by atoms with E-state index in [4.69, 9.17) is 4.74 Å². The summed E-state index contributed by atoms with van der Waals surface area (Å²) >= 11 is 0. The minimum Gasteiger partial charge on any atom is -0.480 e. The molecule has 1 N–H and O–H groups in total. The number of carboxylic acids is 1. The summed E-state index contributed by atoms with van der Waals surface area (Å²) in [5, 5.41) is 9.66. The van der Waals surface area contributed by atoms with Crippen LogP contribution in [0.2, 0.25) is 0 Å². The van der Waals surface area contributed by atoms with E-state index in [2.05, 4.69) is 27.7 Å². The first-order valence-corrected chi connectivity index (χ1v) is 11.2. The van der Waals surface area contributed by atoms with Gasteiger partial charge < -0.3 is 9.84 Å². The molecular formula is C23H42O4. The van der Waals surface area contributed by atoms with Crippen molar-refractivity contribution in [1.82, 2.24) is 0 Å². The number of carboxylic acid groups (broad SMARTS) is 1. The summed E-state index contributed by atoms with van der Waals surface area (Å²) in [6.07, 6.45) is 12.8. The Balaban J connectivity index is 2.38. The molecule has 0 aromatic rings. The van der Waals surface area contributed by atoms with E-state index in [9.17, 15) is 14.7 Å². The molecule has 1 fully saturated rings. The van der Waals surface area contributed by atoms with Gasteiger partial charge in [0.25, 0.3) is 0 Å². The van der Waals surface area contributed by atoms with Crippen molar-refractivity contribution in [3.05, 3.63) is 0 Å². The molecule has 27 heavy (non-hydrogen) atoms. The number of unbranched alkanes of at least 4 members (excludes halogenated alkanes) is 5. The zero-order valence-corrected chi connectivity index (χ0v) is 18.1. The number of hydrogen-bond acceptors (Lipinski definition) is 3. The normalized spacial score (nSPS) is 17.9. The number of rotatable bonds is 13. The Labute approximate surface area is 166 Å². The average Bonchev–Trinajstić information content (AvgIpc) is 2.62. The minimum atomic E-state index is -1.30. The number of ether oxygens (including phenoxy) is 1. The van der Waals surface area contributed by atoms with Crippen LogP contribution in [0.5, 0.6) is 0 Å². The van der Waals surface area contributed by atoms with E-state index in [1.165, 1.54) is 32.1 Å². The van der Waals surface area contributed by atoms with Crippen molar-refractivity contribution in [2.75, 3.05) is 0 Å². The van der Waals surface area contributed by atoms with Gasteiger partial charge in [-0.1, -0.05) is 85.5 Å². The number of esters is 1. The summed E-state index contributed by atoms with van der Waals surface area (Å²) < 4.78 is 5.77. The largest absolute Gasteiger partial charge is 0.480 e. The van der Waals surface area contributed by atoms with Crippen molar-refractivity contribution in [2.24, 2.45) is 17.3 Å². The molecule has 0 saturated heterocycles. The third-order valence-electron chi connectivity index (χ3n) is 6.03. The maximum Gasteiger partial charge on any atom is 0.323 e. The van der Waals surface area contributed by atoms with Gasteiger partial charge in [-0.2, -0.15) is 0 Å². The first-order chi connectivity index (χ1) is 12.8. The molecule has 1 rings (SSSR count). The number of carbonyl (C=O) groups is 2. The van der Waals surface area contributed by atoms with E-state index in [-0.39, 0.29) is 12.0 Å². The van der Waals surface area contributed by atoms with Crippen molar-refractivity contribution in [1.29, 1.82) is 0 Å². The van der Waals surface area contributed by atoms with Gasteiger partial charge in [0.1, 0.15) is 6.10 Å². The zero-order chi connectivity index (χ0) is 20.3. The molecule has 0 aromatic heterocycles. The van der Waals surface area contributed by atoms with Crippen molar-refractivity contribution < 1.29 is 19.4 Å². The zero-order valence-electron chi connectivity index (χ0n) is 18.1. The third-order valence-corrected chi connectivity index (χ3v) is 6.03. The molecule has 0 amide bonds. The molecule has 4 nitrogen and oxygen atoms in total. The van der Waals surface area contributed by atoms with E-state index < -0.39 is 17.4 Å². The fourth-order valence-corrected chi connectivity index (χ4v) is 4.04. The van der Waals surface area contributed by atoms with Crippen LogP contribution in [-0.2, 0) is 14.3 Å². The van der Waals surface area contributed by atoms with E-state index in [0.29, 0.717) is 12.8 Å². The molecule has 4 heteroatoms. The summed E-state index contributed by atoms with van der Waals surface area (Å²) in [5.74, 6) is -0.489. The Morgan fingerprint density at radius 2 is 1.37 bits per heavy atom. The summed E-state index contributed by atoms with van der Waals surface area (Å²) in [7, 11) is 0. The Hall–Kier alpha value is -1.06. The standard InChI is InChI=1S/C23H42O4/c1-18(2)14-10-7-5-6-8-11-15-20(19(3)4)27-22(26)23(21(24)25)16-12-9-13-17-23/h18-20H,5-17H2,1-4H3,(H,24,25). The number of aliphatic carboxylic acids is 1. The highest BCUT2D eigenvalue weighted by Gasteiger charge is 2.49. The lowest BCUT2D eigenvalue weighted by atomic mass is 9.74. The van der Waals surface area contributed by atoms with Gasteiger partial charge >= 0.3 is 11.9 Å². The second-order valence-corrected chi connectivity index (χ2v) is 9.23. The van der Waals surface area contributed by atoms with Crippen LogP contribution in [-0.4, -0.2) is 23.1 Å². The van der Waals surface area contributed by atoms with E-state index >= 15 is 0 Å². The molecule has 0 spiro atoms. The van der Waals surface area contributed by atoms with Gasteiger partial charge in [0.15, 0.2) is 5.41 Å². The second kappa shape index (κ2) is 12.4. The number of carbonyl (C=O) groups excluding carboxylic acids is 1. The van der Waals surface area contributed by atoms with Gasteiger partial charge in [-0.25, -0.2) is 0 Å². The smallest absolute Gasteiger partial charge is 0.323 e. The maximum absolute atomic E-state index is 12.7. The van der Waals surface area contributed by atoms with Gasteiger partial charge in [-0.15, -0.1) is 0 Å². The van der Waals surface area contributed by atoms with Crippen LogP contribution in [0.25, 0.3) is 0 Å². The van der Waals surface area contributed by atoms with Gasteiger partial charge in [0.05, 0.1) is 0 Å². The predicted octanol–water partition coefficient (Wildman–Crippen LogP) is 6.37. The summed E-state index contributed by atoms with van der Waals surface area (Å²) in [6.45, 7) is 8.65. The molecule has 1 saturated carbocycles. The Bertz CT molecular complexity index is 436. The lowest BCUT2D eigenvalue weighted by Crippen LogP contribution is -2.44. The molecular weight excluding hydrogens is 340 g/mol. The van der Waals surface area contributed by atoms with Crippen LogP contribution in [0.15, 0.2) is 0 Å². The Kier molecular flexibility index (Phi) is 11.0. The monoisotopic (exact) mass is 382 g/mol. The van der Waals surface area contributed by atoms with Gasteiger partial charge in [-0.3, -0.25) is 9.59 Å². The Morgan fingerprint density at radius 1 is 0.852 bits per heavy atom. The highest BCUT2D eigenvalue weighted by atomic mass is 16.5. The van der Waals surface area contributed by atoms with Crippen molar-refractivity contribution in [2.45, 2.75) is 117 Å². The molecule has 0 aliphatic heterocycles. The topological polar surface area (TPSA) is 63.6 Å². The quantitative estimate of drug-likeness (QED) is 0.228. The Morgan fingerprint density at radius 3 is 1.85 bits per heavy atom. The van der Waals surface area contributed by atoms with Crippen molar-refractivity contribution in [3.8, 4) is 0 Å². The van der Waals surface area contributed by atoms with Gasteiger partial charge in [-0.05, 0) is 37.5 Å². The molecule has 1 atom stereocenters. The molecule has 158 valence electrons. The van der Waals surface area contributed by atoms with Crippen molar-refractivity contribution >= 4 is 11.9 Å². The highest BCUT2D eigenvalue weighted by molar-refractivity contribution is 5.99. The van der Waals surface area contributed by atoms with Crippen LogP contribution in [0.3, 0.4) is 0 Å². The lowest BCUT2D eigenvalue weighted by molar-refractivity contribution is -0.177. The first-order valence-electron chi connectivity index (χ1n) is 11.2. The summed E-state index contributed by atoms with van der Waals surface area (Å²) in [6, 6.07) is 0. The fraction of sp³-hybridized carbons (Fsp3) is 0.913. The van der Waals surface area contributed by atoms with E-state index in [1.807, 2.05) is 0 Å².